The van der Waals surface area contributed by atoms with E-state index in [0.717, 1.165) is 29.6 Å². The summed E-state index contributed by atoms with van der Waals surface area (Å²) in [5, 5.41) is 4.47. The smallest absolute Gasteiger partial charge is 0.272 e. The van der Waals surface area contributed by atoms with E-state index in [-0.39, 0.29) is 5.91 Å². The molecule has 1 aromatic carbocycles. The number of hydrogen-bond acceptors (Lipinski definition) is 2. The monoisotopic (exact) mass is 375 g/mol. The zero-order valence-electron chi connectivity index (χ0n) is 13.8. The number of aryl methyl sites for hydroxylation is 1. The Morgan fingerprint density at radius 3 is 2.83 bits per heavy atom. The lowest BCUT2D eigenvalue weighted by molar-refractivity contribution is 0.0734. The molecule has 122 valence electrons. The third-order valence-electron chi connectivity index (χ3n) is 4.43. The average molecular weight is 376 g/mol. The van der Waals surface area contributed by atoms with Gasteiger partial charge in [-0.05, 0) is 42.0 Å². The lowest BCUT2D eigenvalue weighted by atomic mass is 10.0. The molecular formula is C18H22BrN3O. The molecule has 0 saturated heterocycles. The van der Waals surface area contributed by atoms with Gasteiger partial charge in [0, 0.05) is 24.6 Å². The first-order valence-corrected chi connectivity index (χ1v) is 8.86. The van der Waals surface area contributed by atoms with Crippen molar-refractivity contribution >= 4 is 21.8 Å². The van der Waals surface area contributed by atoms with Crippen LogP contribution in [0, 0.1) is 0 Å². The van der Waals surface area contributed by atoms with Crippen LogP contribution in [0.5, 0.6) is 0 Å². The molecule has 4 nitrogen and oxygen atoms in total. The Hall–Kier alpha value is -1.62. The molecule has 0 aliphatic carbocycles. The van der Waals surface area contributed by atoms with Crippen LogP contribution in [-0.2, 0) is 20.0 Å². The number of fused-ring (bicyclic) bond motifs is 1. The number of halogens is 1. The molecule has 0 unspecified atom stereocenters. The third-order valence-corrected chi connectivity index (χ3v) is 5.17. The maximum absolute atomic E-state index is 13.0. The summed E-state index contributed by atoms with van der Waals surface area (Å²) in [5.41, 5.74) is 4.20. The summed E-state index contributed by atoms with van der Waals surface area (Å²) < 4.78 is 2.86. The maximum Gasteiger partial charge on any atom is 0.272 e. The molecule has 0 bridgehead atoms. The largest absolute Gasteiger partial charge is 0.333 e. The molecule has 2 heterocycles. The van der Waals surface area contributed by atoms with Gasteiger partial charge in [0.2, 0.25) is 0 Å². The van der Waals surface area contributed by atoms with E-state index >= 15 is 0 Å². The molecule has 0 N–H and O–H groups in total. The normalized spacial score (nSPS) is 14.7. The molecule has 1 amide bonds. The highest BCUT2D eigenvalue weighted by Crippen LogP contribution is 2.27. The van der Waals surface area contributed by atoms with Gasteiger partial charge in [-0.15, -0.1) is 0 Å². The molecule has 2 aromatic rings. The van der Waals surface area contributed by atoms with Crippen LogP contribution in [0.25, 0.3) is 0 Å². The van der Waals surface area contributed by atoms with E-state index in [1.165, 1.54) is 11.1 Å². The first-order chi connectivity index (χ1) is 11.0. The number of aromatic nitrogens is 2. The summed E-state index contributed by atoms with van der Waals surface area (Å²) in [7, 11) is 1.85. The molecule has 0 atom stereocenters. The van der Waals surface area contributed by atoms with Gasteiger partial charge in [-0.3, -0.25) is 9.48 Å². The highest BCUT2D eigenvalue weighted by Gasteiger charge is 2.24. The molecule has 0 saturated carbocycles. The van der Waals surface area contributed by atoms with Crippen molar-refractivity contribution in [3.8, 4) is 0 Å². The number of nitrogens with zero attached hydrogens (tertiary/aromatic N) is 3. The van der Waals surface area contributed by atoms with Crippen molar-refractivity contribution in [1.29, 1.82) is 0 Å². The van der Waals surface area contributed by atoms with Gasteiger partial charge in [-0.25, -0.2) is 0 Å². The minimum atomic E-state index is 0.0692. The average Bonchev–Trinajstić information content (AvgIpc) is 2.77. The van der Waals surface area contributed by atoms with Crippen LogP contribution < -0.4 is 0 Å². The van der Waals surface area contributed by atoms with E-state index < -0.39 is 0 Å². The summed E-state index contributed by atoms with van der Waals surface area (Å²) in [6, 6.07) is 8.17. The quantitative estimate of drug-likeness (QED) is 0.798. The molecule has 5 heteroatoms. The molecule has 3 rings (SSSR count). The van der Waals surface area contributed by atoms with Crippen LogP contribution in [0.15, 0.2) is 28.7 Å². The van der Waals surface area contributed by atoms with Gasteiger partial charge in [-0.1, -0.05) is 41.9 Å². The summed E-state index contributed by atoms with van der Waals surface area (Å²) in [6.07, 6.45) is 1.99. The number of hydrogen-bond donors (Lipinski definition) is 0. The summed E-state index contributed by atoms with van der Waals surface area (Å²) in [4.78, 5) is 14.9. The number of carbonyl (C=O) groups excluding carboxylic acids is 1. The Kier molecular flexibility index (Phi) is 4.57. The minimum absolute atomic E-state index is 0.0692. The summed E-state index contributed by atoms with van der Waals surface area (Å²) in [5.74, 6) is 0.392. The minimum Gasteiger partial charge on any atom is -0.333 e. The number of benzene rings is 1. The second-order valence-corrected chi connectivity index (χ2v) is 7.29. The number of carbonyl (C=O) groups is 1. The number of rotatable bonds is 2. The molecule has 1 aliphatic rings. The molecular weight excluding hydrogens is 354 g/mol. The van der Waals surface area contributed by atoms with Gasteiger partial charge in [0.25, 0.3) is 5.91 Å². The Morgan fingerprint density at radius 1 is 1.35 bits per heavy atom. The molecule has 1 aromatic heterocycles. The van der Waals surface area contributed by atoms with Gasteiger partial charge >= 0.3 is 0 Å². The fourth-order valence-corrected chi connectivity index (χ4v) is 3.68. The summed E-state index contributed by atoms with van der Waals surface area (Å²) >= 11 is 3.63. The van der Waals surface area contributed by atoms with Crippen molar-refractivity contribution in [2.24, 2.45) is 7.05 Å². The van der Waals surface area contributed by atoms with E-state index in [1.54, 1.807) is 4.68 Å². The SMILES string of the molecule is CC(C)c1cc(C(=O)N2CCCc3c(Br)cccc3C2)n(C)n1. The van der Waals surface area contributed by atoms with Gasteiger partial charge in [0.1, 0.15) is 5.69 Å². The van der Waals surface area contributed by atoms with Crippen molar-refractivity contribution in [3.05, 3.63) is 51.3 Å². The zero-order valence-corrected chi connectivity index (χ0v) is 15.4. The zero-order chi connectivity index (χ0) is 16.6. The highest BCUT2D eigenvalue weighted by molar-refractivity contribution is 9.10. The topological polar surface area (TPSA) is 38.1 Å². The van der Waals surface area contributed by atoms with Crippen LogP contribution in [0.3, 0.4) is 0 Å². The van der Waals surface area contributed by atoms with Gasteiger partial charge in [0.05, 0.1) is 5.69 Å². The lowest BCUT2D eigenvalue weighted by Gasteiger charge is -2.21. The summed E-state index contributed by atoms with van der Waals surface area (Å²) in [6.45, 7) is 5.63. The van der Waals surface area contributed by atoms with Crippen LogP contribution in [0.2, 0.25) is 0 Å². The van der Waals surface area contributed by atoms with E-state index in [1.807, 2.05) is 24.1 Å². The van der Waals surface area contributed by atoms with Crippen LogP contribution in [-0.4, -0.2) is 27.1 Å². The van der Waals surface area contributed by atoms with Gasteiger partial charge in [0.15, 0.2) is 0 Å². The fraction of sp³-hybridized carbons (Fsp3) is 0.444. The van der Waals surface area contributed by atoms with Crippen molar-refractivity contribution in [1.82, 2.24) is 14.7 Å². The number of amides is 1. The molecule has 1 aliphatic heterocycles. The van der Waals surface area contributed by atoms with Crippen LogP contribution >= 0.6 is 15.9 Å². The van der Waals surface area contributed by atoms with Crippen molar-refractivity contribution < 1.29 is 4.79 Å². The van der Waals surface area contributed by atoms with E-state index in [4.69, 9.17) is 0 Å². The third kappa shape index (κ3) is 3.20. The second-order valence-electron chi connectivity index (χ2n) is 6.44. The highest BCUT2D eigenvalue weighted by atomic mass is 79.9. The van der Waals surface area contributed by atoms with E-state index in [0.29, 0.717) is 18.2 Å². The van der Waals surface area contributed by atoms with Gasteiger partial charge < -0.3 is 4.90 Å². The van der Waals surface area contributed by atoms with Crippen molar-refractivity contribution in [2.45, 2.75) is 39.2 Å². The molecule has 0 fully saturated rings. The predicted octanol–water partition coefficient (Wildman–Crippen LogP) is 3.89. The maximum atomic E-state index is 13.0. The Morgan fingerprint density at radius 2 is 2.13 bits per heavy atom. The fourth-order valence-electron chi connectivity index (χ4n) is 3.07. The first kappa shape index (κ1) is 16.2. The molecule has 0 spiro atoms. The van der Waals surface area contributed by atoms with Crippen LogP contribution in [0.4, 0.5) is 0 Å². The van der Waals surface area contributed by atoms with E-state index in [9.17, 15) is 4.79 Å². The molecule has 23 heavy (non-hydrogen) atoms. The van der Waals surface area contributed by atoms with Crippen LogP contribution in [0.1, 0.15) is 53.5 Å². The van der Waals surface area contributed by atoms with Gasteiger partial charge in [-0.2, -0.15) is 5.10 Å². The predicted molar refractivity (Wildman–Crippen MR) is 94.5 cm³/mol. The Bertz CT molecular complexity index is 736. The lowest BCUT2D eigenvalue weighted by Crippen LogP contribution is -2.32. The Labute approximate surface area is 145 Å². The molecule has 0 radical (unpaired) electrons. The first-order valence-electron chi connectivity index (χ1n) is 8.07. The van der Waals surface area contributed by atoms with Crippen molar-refractivity contribution in [3.63, 3.8) is 0 Å². The van der Waals surface area contributed by atoms with Crippen molar-refractivity contribution in [2.75, 3.05) is 6.54 Å². The van der Waals surface area contributed by atoms with E-state index in [2.05, 4.69) is 47.0 Å². The Balaban J connectivity index is 1.88. The second kappa shape index (κ2) is 6.48. The standard InChI is InChI=1S/C18H22BrN3O/c1-12(2)16-10-17(21(3)20-16)18(23)22-9-5-7-14-13(11-22)6-4-8-15(14)19/h4,6,8,10,12H,5,7,9,11H2,1-3H3.